The number of fused-ring (bicyclic) bond motifs is 1. The molecule has 5 aromatic rings. The molecule has 166 valence electrons. The van der Waals surface area contributed by atoms with Crippen molar-refractivity contribution in [2.24, 2.45) is 7.05 Å². The molecule has 3 aromatic heterocycles. The molecule has 0 spiro atoms. The van der Waals surface area contributed by atoms with E-state index in [1.165, 1.54) is 5.56 Å². The Kier molecular flexibility index (Phi) is 4.89. The van der Waals surface area contributed by atoms with Crippen LogP contribution in [-0.4, -0.2) is 29.6 Å². The summed E-state index contributed by atoms with van der Waals surface area (Å²) in [6, 6.07) is 15.4. The fourth-order valence-electron chi connectivity index (χ4n) is 3.60. The van der Waals surface area contributed by atoms with Gasteiger partial charge in [0.2, 0.25) is 11.3 Å². The molecule has 0 unspecified atom stereocenters. The first-order valence-electron chi connectivity index (χ1n) is 10.4. The number of para-hydroxylation sites is 1. The van der Waals surface area contributed by atoms with Crippen molar-refractivity contribution in [3.05, 3.63) is 75.7 Å². The molecule has 2 N–H and O–H groups in total. The van der Waals surface area contributed by atoms with E-state index in [0.29, 0.717) is 17.3 Å². The highest BCUT2D eigenvalue weighted by Gasteiger charge is 2.20. The Morgan fingerprint density at radius 3 is 2.18 bits per heavy atom. The summed E-state index contributed by atoms with van der Waals surface area (Å²) in [6.45, 7) is 5.95. The number of nitrogens with one attached hydrogen (secondary N) is 2. The lowest BCUT2D eigenvalue weighted by Crippen LogP contribution is -2.20. The lowest BCUT2D eigenvalue weighted by molar-refractivity contribution is 0.314. The van der Waals surface area contributed by atoms with Gasteiger partial charge in [0.25, 0.3) is 5.56 Å². The Labute approximate surface area is 188 Å². The molecular formula is C23H22N8O2. The third-order valence-corrected chi connectivity index (χ3v) is 5.68. The summed E-state index contributed by atoms with van der Waals surface area (Å²) >= 11 is 0. The molecule has 0 atom stereocenters. The van der Waals surface area contributed by atoms with Crippen molar-refractivity contribution >= 4 is 34.3 Å². The highest BCUT2D eigenvalue weighted by atomic mass is 16.6. The van der Waals surface area contributed by atoms with Crippen molar-refractivity contribution in [2.75, 3.05) is 10.6 Å². The van der Waals surface area contributed by atoms with Gasteiger partial charge in [0, 0.05) is 12.7 Å². The van der Waals surface area contributed by atoms with Gasteiger partial charge in [-0.3, -0.25) is 9.48 Å². The summed E-state index contributed by atoms with van der Waals surface area (Å²) in [5.41, 5.74) is 5.32. The quantitative estimate of drug-likeness (QED) is 0.421. The van der Waals surface area contributed by atoms with Crippen LogP contribution in [0.2, 0.25) is 0 Å². The normalized spacial score (nSPS) is 11.2. The van der Waals surface area contributed by atoms with Gasteiger partial charge in [-0.1, -0.05) is 24.3 Å². The average Bonchev–Trinajstić information content (AvgIpc) is 3.34. The maximum Gasteiger partial charge on any atom is 0.295 e. The molecule has 5 rings (SSSR count). The van der Waals surface area contributed by atoms with Crippen LogP contribution in [0.3, 0.4) is 0 Å². The van der Waals surface area contributed by atoms with Crippen molar-refractivity contribution < 1.29 is 4.63 Å². The van der Waals surface area contributed by atoms with Crippen molar-refractivity contribution in [1.29, 1.82) is 0 Å². The number of rotatable bonds is 5. The molecule has 2 aromatic carbocycles. The predicted molar refractivity (Wildman–Crippen MR) is 126 cm³/mol. The standard InChI is InChI=1S/C23H22N8O2/c1-13-10-11-16(12-14(13)2)24-19-20(27-22-21(26-19)28-33-29-22)25-18-15(3)30(4)31(23(18)32)17-8-6-5-7-9-17/h5-12H,1-4H3,(H,24,26,28)(H,25,27,29). The van der Waals surface area contributed by atoms with Gasteiger partial charge in [-0.05, 0) is 66.5 Å². The van der Waals surface area contributed by atoms with E-state index in [0.717, 1.165) is 22.6 Å². The Bertz CT molecular complexity index is 1530. The summed E-state index contributed by atoms with van der Waals surface area (Å²) in [4.78, 5) is 22.4. The van der Waals surface area contributed by atoms with Crippen LogP contribution in [0.25, 0.3) is 17.0 Å². The van der Waals surface area contributed by atoms with Crippen LogP contribution in [0.15, 0.2) is 58.0 Å². The maximum atomic E-state index is 13.3. The highest BCUT2D eigenvalue weighted by molar-refractivity contribution is 5.79. The minimum absolute atomic E-state index is 0.210. The van der Waals surface area contributed by atoms with Gasteiger partial charge < -0.3 is 10.6 Å². The van der Waals surface area contributed by atoms with Gasteiger partial charge in [0.05, 0.1) is 11.4 Å². The first-order valence-corrected chi connectivity index (χ1v) is 10.4. The van der Waals surface area contributed by atoms with E-state index in [1.54, 1.807) is 9.36 Å². The van der Waals surface area contributed by atoms with Crippen molar-refractivity contribution in [2.45, 2.75) is 20.8 Å². The maximum absolute atomic E-state index is 13.3. The number of hydrogen-bond donors (Lipinski definition) is 2. The monoisotopic (exact) mass is 442 g/mol. The zero-order valence-corrected chi connectivity index (χ0v) is 18.6. The van der Waals surface area contributed by atoms with Crippen molar-refractivity contribution in [3.63, 3.8) is 0 Å². The molecule has 3 heterocycles. The second-order valence-electron chi connectivity index (χ2n) is 7.82. The topological polar surface area (TPSA) is 116 Å². The molecule has 0 radical (unpaired) electrons. The number of aromatic nitrogens is 6. The minimum Gasteiger partial charge on any atom is -0.337 e. The van der Waals surface area contributed by atoms with Gasteiger partial charge in [-0.25, -0.2) is 19.3 Å². The third kappa shape index (κ3) is 3.61. The molecule has 0 bridgehead atoms. The smallest absolute Gasteiger partial charge is 0.295 e. The number of aryl methyl sites for hydroxylation is 2. The van der Waals surface area contributed by atoms with Gasteiger partial charge in [0.15, 0.2) is 11.6 Å². The van der Waals surface area contributed by atoms with Crippen LogP contribution in [0.5, 0.6) is 0 Å². The van der Waals surface area contributed by atoms with E-state index in [1.807, 2.05) is 69.4 Å². The van der Waals surface area contributed by atoms with Crippen LogP contribution in [0.4, 0.5) is 23.0 Å². The van der Waals surface area contributed by atoms with E-state index in [-0.39, 0.29) is 16.9 Å². The number of benzene rings is 2. The number of nitrogens with zero attached hydrogens (tertiary/aromatic N) is 6. The first-order chi connectivity index (χ1) is 15.9. The van der Waals surface area contributed by atoms with E-state index < -0.39 is 0 Å². The largest absolute Gasteiger partial charge is 0.337 e. The Morgan fingerprint density at radius 2 is 1.52 bits per heavy atom. The van der Waals surface area contributed by atoms with Crippen LogP contribution in [0, 0.1) is 20.8 Å². The van der Waals surface area contributed by atoms with Crippen LogP contribution < -0.4 is 16.2 Å². The fraction of sp³-hybridized carbons (Fsp3) is 0.174. The van der Waals surface area contributed by atoms with Crippen LogP contribution in [-0.2, 0) is 7.05 Å². The second kappa shape index (κ2) is 7.90. The average molecular weight is 442 g/mol. The van der Waals surface area contributed by atoms with E-state index in [9.17, 15) is 4.79 Å². The zero-order chi connectivity index (χ0) is 23.1. The summed E-state index contributed by atoms with van der Waals surface area (Å²) in [5, 5.41) is 14.0. The summed E-state index contributed by atoms with van der Waals surface area (Å²) in [7, 11) is 1.83. The number of anilines is 4. The summed E-state index contributed by atoms with van der Waals surface area (Å²) in [5.74, 6) is 0.734. The Balaban J connectivity index is 1.60. The predicted octanol–water partition coefficient (Wildman–Crippen LogP) is 3.91. The molecule has 10 nitrogen and oxygen atoms in total. The van der Waals surface area contributed by atoms with Gasteiger partial charge in [-0.2, -0.15) is 0 Å². The SMILES string of the molecule is Cc1ccc(Nc2nc3nonc3nc2Nc2c(C)n(C)n(-c3ccccc3)c2=O)cc1C. The van der Waals surface area contributed by atoms with E-state index in [4.69, 9.17) is 4.63 Å². The van der Waals surface area contributed by atoms with E-state index >= 15 is 0 Å². The van der Waals surface area contributed by atoms with Crippen molar-refractivity contribution in [3.8, 4) is 5.69 Å². The molecule has 0 aliphatic carbocycles. The fourth-order valence-corrected chi connectivity index (χ4v) is 3.60. The highest BCUT2D eigenvalue weighted by Crippen LogP contribution is 2.28. The molecule has 0 aliphatic rings. The molecule has 0 fully saturated rings. The lowest BCUT2D eigenvalue weighted by atomic mass is 10.1. The van der Waals surface area contributed by atoms with Crippen molar-refractivity contribution in [1.82, 2.24) is 29.6 Å². The molecule has 10 heteroatoms. The van der Waals surface area contributed by atoms with Gasteiger partial charge in [-0.15, -0.1) is 0 Å². The van der Waals surface area contributed by atoms with E-state index in [2.05, 4.69) is 37.8 Å². The lowest BCUT2D eigenvalue weighted by Gasteiger charge is -2.12. The molecule has 33 heavy (non-hydrogen) atoms. The molecule has 0 saturated carbocycles. The summed E-state index contributed by atoms with van der Waals surface area (Å²) in [6.07, 6.45) is 0. The molecule has 0 aliphatic heterocycles. The number of hydrogen-bond acceptors (Lipinski definition) is 8. The third-order valence-electron chi connectivity index (χ3n) is 5.68. The zero-order valence-electron chi connectivity index (χ0n) is 18.6. The molecular weight excluding hydrogens is 420 g/mol. The van der Waals surface area contributed by atoms with Crippen LogP contribution in [0.1, 0.15) is 16.8 Å². The molecule has 0 amide bonds. The summed E-state index contributed by atoms with van der Waals surface area (Å²) < 4.78 is 8.17. The van der Waals surface area contributed by atoms with Gasteiger partial charge >= 0.3 is 0 Å². The Morgan fingerprint density at radius 1 is 0.848 bits per heavy atom. The minimum atomic E-state index is -0.210. The first kappa shape index (κ1) is 20.4. The Hall–Kier alpha value is -4.47. The second-order valence-corrected chi connectivity index (χ2v) is 7.82. The molecule has 0 saturated heterocycles. The van der Waals surface area contributed by atoms with Gasteiger partial charge in [0.1, 0.15) is 5.69 Å². The van der Waals surface area contributed by atoms with Crippen LogP contribution >= 0.6 is 0 Å².